The molecule has 3 nitrogen and oxygen atoms in total. The molecule has 0 aliphatic carbocycles. The third-order valence-electron chi connectivity index (χ3n) is 1.29. The molecule has 0 saturated heterocycles. The van der Waals surface area contributed by atoms with Crippen LogP contribution in [0, 0.1) is 0 Å². The molecule has 0 aliphatic heterocycles. The standard InChI is InChI=1S/C8H10N2O/c9-8-6-10-4-3-7(8)2-1-5-11/h1-4,6,11H,5,9H2. The summed E-state index contributed by atoms with van der Waals surface area (Å²) in [6.07, 6.45) is 6.63. The van der Waals surface area contributed by atoms with E-state index in [-0.39, 0.29) is 6.61 Å². The maximum absolute atomic E-state index is 8.48. The quantitative estimate of drug-likeness (QED) is 0.651. The fraction of sp³-hybridized carbons (Fsp3) is 0.125. The maximum Gasteiger partial charge on any atom is 0.0615 e. The molecule has 0 bridgehead atoms. The number of nitrogens with zero attached hydrogens (tertiary/aromatic N) is 1. The summed E-state index contributed by atoms with van der Waals surface area (Å²) in [5.41, 5.74) is 7.07. The van der Waals surface area contributed by atoms with Crippen LogP contribution in [0.15, 0.2) is 24.5 Å². The van der Waals surface area contributed by atoms with Crippen molar-refractivity contribution in [3.05, 3.63) is 30.1 Å². The number of aliphatic hydroxyl groups excluding tert-OH is 1. The van der Waals surface area contributed by atoms with E-state index < -0.39 is 0 Å². The van der Waals surface area contributed by atoms with E-state index in [1.54, 1.807) is 30.6 Å². The van der Waals surface area contributed by atoms with Gasteiger partial charge in [-0.3, -0.25) is 4.98 Å². The Morgan fingerprint density at radius 3 is 3.09 bits per heavy atom. The van der Waals surface area contributed by atoms with E-state index in [1.807, 2.05) is 0 Å². The summed E-state index contributed by atoms with van der Waals surface area (Å²) in [6, 6.07) is 1.79. The highest BCUT2D eigenvalue weighted by Crippen LogP contribution is 2.09. The van der Waals surface area contributed by atoms with Crippen molar-refractivity contribution in [3.63, 3.8) is 0 Å². The van der Waals surface area contributed by atoms with E-state index >= 15 is 0 Å². The van der Waals surface area contributed by atoms with Crippen molar-refractivity contribution in [2.75, 3.05) is 12.3 Å². The van der Waals surface area contributed by atoms with Crippen LogP contribution in [0.2, 0.25) is 0 Å². The van der Waals surface area contributed by atoms with Crippen molar-refractivity contribution in [1.82, 2.24) is 4.98 Å². The van der Waals surface area contributed by atoms with Gasteiger partial charge in [0, 0.05) is 11.8 Å². The van der Waals surface area contributed by atoms with E-state index in [0.717, 1.165) is 5.56 Å². The van der Waals surface area contributed by atoms with Gasteiger partial charge in [-0.1, -0.05) is 12.2 Å². The maximum atomic E-state index is 8.48. The first kappa shape index (κ1) is 7.75. The summed E-state index contributed by atoms with van der Waals surface area (Å²) in [5, 5.41) is 8.48. The molecule has 11 heavy (non-hydrogen) atoms. The Kier molecular flexibility index (Phi) is 2.63. The van der Waals surface area contributed by atoms with Crippen LogP contribution in [0.5, 0.6) is 0 Å². The largest absolute Gasteiger partial charge is 0.397 e. The van der Waals surface area contributed by atoms with Crippen molar-refractivity contribution in [2.45, 2.75) is 0 Å². The van der Waals surface area contributed by atoms with Crippen molar-refractivity contribution >= 4 is 11.8 Å². The molecule has 0 atom stereocenters. The second kappa shape index (κ2) is 3.73. The van der Waals surface area contributed by atoms with Gasteiger partial charge in [0.15, 0.2) is 0 Å². The van der Waals surface area contributed by atoms with Gasteiger partial charge in [0.25, 0.3) is 0 Å². The topological polar surface area (TPSA) is 59.1 Å². The number of hydrogen-bond acceptors (Lipinski definition) is 3. The molecule has 0 aromatic carbocycles. The Morgan fingerprint density at radius 1 is 1.64 bits per heavy atom. The van der Waals surface area contributed by atoms with Crippen LogP contribution in [0.25, 0.3) is 6.08 Å². The van der Waals surface area contributed by atoms with E-state index in [9.17, 15) is 0 Å². The van der Waals surface area contributed by atoms with Gasteiger partial charge in [-0.2, -0.15) is 0 Å². The molecule has 1 aromatic rings. The molecular weight excluding hydrogens is 140 g/mol. The molecule has 0 radical (unpaired) electrons. The van der Waals surface area contributed by atoms with Gasteiger partial charge < -0.3 is 10.8 Å². The predicted molar refractivity (Wildman–Crippen MR) is 44.8 cm³/mol. The second-order valence-corrected chi connectivity index (χ2v) is 2.09. The predicted octanol–water partition coefficient (Wildman–Crippen LogP) is 0.669. The van der Waals surface area contributed by atoms with Crippen LogP contribution in [-0.2, 0) is 0 Å². The van der Waals surface area contributed by atoms with Crippen LogP contribution >= 0.6 is 0 Å². The van der Waals surface area contributed by atoms with Gasteiger partial charge in [0.1, 0.15) is 0 Å². The summed E-state index contributed by atoms with van der Waals surface area (Å²) in [7, 11) is 0. The van der Waals surface area contributed by atoms with E-state index in [1.165, 1.54) is 0 Å². The second-order valence-electron chi connectivity index (χ2n) is 2.09. The lowest BCUT2D eigenvalue weighted by atomic mass is 10.2. The normalized spacial score (nSPS) is 10.6. The average Bonchev–Trinajstić information content (AvgIpc) is 2.03. The number of nitrogen functional groups attached to an aromatic ring is 1. The molecule has 1 aromatic heterocycles. The van der Waals surface area contributed by atoms with Gasteiger partial charge >= 0.3 is 0 Å². The molecule has 0 aliphatic rings. The first-order chi connectivity index (χ1) is 5.34. The molecule has 3 N–H and O–H groups in total. The monoisotopic (exact) mass is 150 g/mol. The lowest BCUT2D eigenvalue weighted by molar-refractivity contribution is 0.343. The number of anilines is 1. The molecule has 0 fully saturated rings. The van der Waals surface area contributed by atoms with Crippen molar-refractivity contribution in [2.24, 2.45) is 0 Å². The van der Waals surface area contributed by atoms with Crippen molar-refractivity contribution in [1.29, 1.82) is 0 Å². The zero-order chi connectivity index (χ0) is 8.10. The number of rotatable bonds is 2. The fourth-order valence-electron chi connectivity index (χ4n) is 0.749. The molecule has 58 valence electrons. The van der Waals surface area contributed by atoms with Gasteiger partial charge in [0.05, 0.1) is 18.5 Å². The Bertz CT molecular complexity index is 258. The SMILES string of the molecule is Nc1cnccc1C=CCO. The van der Waals surface area contributed by atoms with Crippen LogP contribution < -0.4 is 5.73 Å². The lowest BCUT2D eigenvalue weighted by Gasteiger charge is -1.96. The van der Waals surface area contributed by atoms with E-state index in [2.05, 4.69) is 4.98 Å². The van der Waals surface area contributed by atoms with Crippen LogP contribution in [0.4, 0.5) is 5.69 Å². The van der Waals surface area contributed by atoms with Crippen molar-refractivity contribution in [3.8, 4) is 0 Å². The summed E-state index contributed by atoms with van der Waals surface area (Å²) < 4.78 is 0. The van der Waals surface area contributed by atoms with Gasteiger partial charge in [-0.15, -0.1) is 0 Å². The third kappa shape index (κ3) is 2.05. The minimum Gasteiger partial charge on any atom is -0.397 e. The number of pyridine rings is 1. The highest BCUT2D eigenvalue weighted by molar-refractivity contribution is 5.62. The van der Waals surface area contributed by atoms with E-state index in [4.69, 9.17) is 10.8 Å². The molecule has 0 saturated carbocycles. The molecule has 0 unspecified atom stereocenters. The highest BCUT2D eigenvalue weighted by Gasteiger charge is 1.90. The lowest BCUT2D eigenvalue weighted by Crippen LogP contribution is -1.89. The smallest absolute Gasteiger partial charge is 0.0615 e. The molecule has 3 heteroatoms. The Hall–Kier alpha value is -1.35. The summed E-state index contributed by atoms with van der Waals surface area (Å²) in [4.78, 5) is 3.83. The first-order valence-electron chi connectivity index (χ1n) is 3.31. The van der Waals surface area contributed by atoms with Gasteiger partial charge in [0.2, 0.25) is 0 Å². The average molecular weight is 150 g/mol. The molecule has 0 amide bonds. The van der Waals surface area contributed by atoms with Gasteiger partial charge in [-0.25, -0.2) is 0 Å². The zero-order valence-electron chi connectivity index (χ0n) is 6.07. The summed E-state index contributed by atoms with van der Waals surface area (Å²) in [6.45, 7) is 0.0295. The molecule has 0 spiro atoms. The number of aromatic nitrogens is 1. The molecule has 1 rings (SSSR count). The molecular formula is C8H10N2O. The Balaban J connectivity index is 2.86. The highest BCUT2D eigenvalue weighted by atomic mass is 16.2. The minimum atomic E-state index is 0.0295. The van der Waals surface area contributed by atoms with Crippen LogP contribution in [0.3, 0.4) is 0 Å². The Labute approximate surface area is 65.2 Å². The third-order valence-corrected chi connectivity index (χ3v) is 1.29. The van der Waals surface area contributed by atoms with E-state index in [0.29, 0.717) is 5.69 Å². The summed E-state index contributed by atoms with van der Waals surface area (Å²) in [5.74, 6) is 0. The molecule has 1 heterocycles. The van der Waals surface area contributed by atoms with Crippen molar-refractivity contribution < 1.29 is 5.11 Å². The van der Waals surface area contributed by atoms with Crippen LogP contribution in [0.1, 0.15) is 5.56 Å². The first-order valence-corrected chi connectivity index (χ1v) is 3.31. The number of hydrogen-bond donors (Lipinski definition) is 2. The summed E-state index contributed by atoms with van der Waals surface area (Å²) >= 11 is 0. The number of nitrogens with two attached hydrogens (primary N) is 1. The Morgan fingerprint density at radius 2 is 2.45 bits per heavy atom. The number of aliphatic hydroxyl groups is 1. The van der Waals surface area contributed by atoms with Crippen LogP contribution in [-0.4, -0.2) is 16.7 Å². The zero-order valence-corrected chi connectivity index (χ0v) is 6.07. The fourth-order valence-corrected chi connectivity index (χ4v) is 0.749. The van der Waals surface area contributed by atoms with Gasteiger partial charge in [-0.05, 0) is 6.07 Å². The minimum absolute atomic E-state index is 0.0295.